The normalized spacial score (nSPS) is 11.4. The van der Waals surface area contributed by atoms with Crippen molar-refractivity contribution in [3.63, 3.8) is 0 Å². The summed E-state index contributed by atoms with van der Waals surface area (Å²) in [5, 5.41) is 9.13. The second-order valence-corrected chi connectivity index (χ2v) is 3.22. The maximum absolute atomic E-state index is 11.5. The van der Waals surface area contributed by atoms with Crippen molar-refractivity contribution in [1.82, 2.24) is 5.06 Å². The molecule has 0 aromatic heterocycles. The molecule has 90 valence electrons. The van der Waals surface area contributed by atoms with E-state index in [-0.39, 0.29) is 12.0 Å². The molecule has 1 aromatic carbocycles. The Bertz CT molecular complexity index is 417. The van der Waals surface area contributed by atoms with Crippen LogP contribution in [0.15, 0.2) is 30.3 Å². The topological polar surface area (TPSA) is 83.9 Å². The maximum Gasteiger partial charge on any atom is 0.363 e. The lowest BCUT2D eigenvalue weighted by atomic mass is 10.2. The van der Waals surface area contributed by atoms with Crippen molar-refractivity contribution in [1.29, 1.82) is 0 Å². The molecule has 6 nitrogen and oxygen atoms in total. The van der Waals surface area contributed by atoms with E-state index in [4.69, 9.17) is 5.11 Å². The maximum atomic E-state index is 11.5. The Morgan fingerprint density at radius 1 is 1.35 bits per heavy atom. The van der Waals surface area contributed by atoms with Gasteiger partial charge in [0.15, 0.2) is 6.04 Å². The van der Waals surface area contributed by atoms with Crippen molar-refractivity contribution in [2.45, 2.75) is 13.0 Å². The summed E-state index contributed by atoms with van der Waals surface area (Å²) in [6, 6.07) is 6.73. The van der Waals surface area contributed by atoms with Crippen molar-refractivity contribution in [3.05, 3.63) is 35.9 Å². The first-order valence-electron chi connectivity index (χ1n) is 4.80. The van der Waals surface area contributed by atoms with E-state index in [0.29, 0.717) is 5.06 Å². The molecule has 1 aromatic rings. The molecule has 0 aliphatic rings. The molecule has 0 aliphatic carbocycles. The molecule has 6 heteroatoms. The van der Waals surface area contributed by atoms with Gasteiger partial charge in [-0.3, -0.25) is 4.79 Å². The van der Waals surface area contributed by atoms with Gasteiger partial charge in [-0.25, -0.2) is 9.59 Å². The van der Waals surface area contributed by atoms with Crippen molar-refractivity contribution in [3.8, 4) is 0 Å². The molecule has 0 unspecified atom stereocenters. The van der Waals surface area contributed by atoms with E-state index >= 15 is 0 Å². The van der Waals surface area contributed by atoms with E-state index in [1.165, 1.54) is 19.1 Å². The molecule has 0 spiro atoms. The number of carbonyl (C=O) groups is 3. The quantitative estimate of drug-likeness (QED) is 0.601. The van der Waals surface area contributed by atoms with Crippen LogP contribution in [0.1, 0.15) is 17.3 Å². The number of hydrogen-bond donors (Lipinski definition) is 1. The fraction of sp³-hybridized carbons (Fsp3) is 0.182. The van der Waals surface area contributed by atoms with Crippen molar-refractivity contribution in [2.75, 3.05) is 0 Å². The van der Waals surface area contributed by atoms with E-state index in [1.807, 2.05) is 0 Å². The SMILES string of the molecule is C[C@@H](C(=O)O)N(C=O)OC(=O)c1ccccc1. The number of benzene rings is 1. The third kappa shape index (κ3) is 3.30. The zero-order chi connectivity index (χ0) is 12.8. The summed E-state index contributed by atoms with van der Waals surface area (Å²) in [5.41, 5.74) is 0.233. The summed E-state index contributed by atoms with van der Waals surface area (Å²) in [7, 11) is 0. The lowest BCUT2D eigenvalue weighted by Crippen LogP contribution is -2.39. The van der Waals surface area contributed by atoms with E-state index in [2.05, 4.69) is 4.84 Å². The summed E-state index contributed by atoms with van der Waals surface area (Å²) in [5.74, 6) is -2.05. The molecule has 0 saturated heterocycles. The van der Waals surface area contributed by atoms with Gasteiger partial charge in [-0.2, -0.15) is 5.06 Å². The number of amides is 1. The van der Waals surface area contributed by atoms with Crippen molar-refractivity contribution < 1.29 is 24.3 Å². The Morgan fingerprint density at radius 2 is 1.94 bits per heavy atom. The Hall–Kier alpha value is -2.37. The molecule has 1 amide bonds. The highest BCUT2D eigenvalue weighted by Crippen LogP contribution is 2.05. The minimum absolute atomic E-state index is 0.152. The molecular formula is C11H11NO5. The zero-order valence-electron chi connectivity index (χ0n) is 9.07. The molecule has 1 N–H and O–H groups in total. The van der Waals surface area contributed by atoms with E-state index in [0.717, 1.165) is 0 Å². The lowest BCUT2D eigenvalue weighted by Gasteiger charge is -2.19. The first-order chi connectivity index (χ1) is 8.06. The molecule has 0 fully saturated rings. The summed E-state index contributed by atoms with van der Waals surface area (Å²) < 4.78 is 0. The first kappa shape index (κ1) is 12.7. The van der Waals surface area contributed by atoms with Gasteiger partial charge < -0.3 is 9.94 Å². The predicted octanol–water partition coefficient (Wildman–Crippen LogP) is 0.690. The van der Waals surface area contributed by atoms with Crippen LogP contribution in [-0.4, -0.2) is 34.6 Å². The van der Waals surface area contributed by atoms with Gasteiger partial charge in [0.1, 0.15) is 0 Å². The van der Waals surface area contributed by atoms with Gasteiger partial charge >= 0.3 is 11.9 Å². The lowest BCUT2D eigenvalue weighted by molar-refractivity contribution is -0.174. The summed E-state index contributed by atoms with van der Waals surface area (Å²) in [4.78, 5) is 37.4. The third-order valence-electron chi connectivity index (χ3n) is 2.04. The summed E-state index contributed by atoms with van der Waals surface area (Å²) in [6.07, 6.45) is 0.152. The largest absolute Gasteiger partial charge is 0.480 e. The smallest absolute Gasteiger partial charge is 0.363 e. The number of carbonyl (C=O) groups excluding carboxylic acids is 2. The van der Waals surface area contributed by atoms with Crippen molar-refractivity contribution in [2.24, 2.45) is 0 Å². The summed E-state index contributed by atoms with van der Waals surface area (Å²) in [6.45, 7) is 1.23. The molecule has 0 bridgehead atoms. The molecule has 0 saturated carbocycles. The van der Waals surface area contributed by atoms with Crippen LogP contribution in [0.4, 0.5) is 0 Å². The Labute approximate surface area is 97.4 Å². The Balaban J connectivity index is 2.73. The first-order valence-corrected chi connectivity index (χ1v) is 4.80. The molecule has 17 heavy (non-hydrogen) atoms. The molecular weight excluding hydrogens is 226 g/mol. The van der Waals surface area contributed by atoms with Crippen LogP contribution in [0.5, 0.6) is 0 Å². The molecule has 1 atom stereocenters. The number of aliphatic carboxylic acids is 1. The highest BCUT2D eigenvalue weighted by atomic mass is 16.7. The van der Waals surface area contributed by atoms with Crippen LogP contribution >= 0.6 is 0 Å². The average molecular weight is 237 g/mol. The number of hydroxylamine groups is 2. The van der Waals surface area contributed by atoms with Crippen LogP contribution < -0.4 is 0 Å². The van der Waals surface area contributed by atoms with Crippen LogP contribution in [0.2, 0.25) is 0 Å². The number of carboxylic acids is 1. The van der Waals surface area contributed by atoms with E-state index in [1.54, 1.807) is 18.2 Å². The number of rotatable bonds is 5. The van der Waals surface area contributed by atoms with Gasteiger partial charge in [-0.05, 0) is 19.1 Å². The van der Waals surface area contributed by atoms with Crippen molar-refractivity contribution >= 4 is 18.3 Å². The molecule has 1 rings (SSSR count). The second-order valence-electron chi connectivity index (χ2n) is 3.22. The standard InChI is InChI=1S/C11H11NO5/c1-8(10(14)15)12(7-13)17-11(16)9-5-3-2-4-6-9/h2-8H,1H3,(H,14,15)/t8-/m0/s1. The van der Waals surface area contributed by atoms with Gasteiger partial charge in [0.05, 0.1) is 5.56 Å². The van der Waals surface area contributed by atoms with E-state index in [9.17, 15) is 14.4 Å². The van der Waals surface area contributed by atoms with Gasteiger partial charge in [0.25, 0.3) is 0 Å². The van der Waals surface area contributed by atoms with Crippen LogP contribution in [0.25, 0.3) is 0 Å². The van der Waals surface area contributed by atoms with Gasteiger partial charge in [0, 0.05) is 0 Å². The molecule has 0 aliphatic heterocycles. The number of carboxylic acid groups (broad SMARTS) is 1. The fourth-order valence-corrected chi connectivity index (χ4v) is 1.02. The predicted molar refractivity (Wildman–Crippen MR) is 56.9 cm³/mol. The number of nitrogens with zero attached hydrogens (tertiary/aromatic N) is 1. The van der Waals surface area contributed by atoms with E-state index < -0.39 is 18.0 Å². The molecule has 0 heterocycles. The minimum atomic E-state index is -1.27. The molecule has 0 radical (unpaired) electrons. The number of hydrogen-bond acceptors (Lipinski definition) is 4. The van der Waals surface area contributed by atoms with Crippen LogP contribution in [0.3, 0.4) is 0 Å². The monoisotopic (exact) mass is 237 g/mol. The zero-order valence-corrected chi connectivity index (χ0v) is 9.07. The minimum Gasteiger partial charge on any atom is -0.480 e. The van der Waals surface area contributed by atoms with Gasteiger partial charge in [0.2, 0.25) is 6.41 Å². The van der Waals surface area contributed by atoms with Gasteiger partial charge in [-0.1, -0.05) is 18.2 Å². The highest BCUT2D eigenvalue weighted by molar-refractivity contribution is 5.89. The fourth-order valence-electron chi connectivity index (χ4n) is 1.02. The second kappa shape index (κ2) is 5.64. The summed E-state index contributed by atoms with van der Waals surface area (Å²) >= 11 is 0. The van der Waals surface area contributed by atoms with Gasteiger partial charge in [-0.15, -0.1) is 0 Å². The highest BCUT2D eigenvalue weighted by Gasteiger charge is 2.23. The van der Waals surface area contributed by atoms with Crippen LogP contribution in [-0.2, 0) is 14.4 Å². The average Bonchev–Trinajstić information content (AvgIpc) is 2.35. The Morgan fingerprint density at radius 3 is 2.41 bits per heavy atom. The Kier molecular flexibility index (Phi) is 4.21. The van der Waals surface area contributed by atoms with Crippen LogP contribution in [0, 0.1) is 0 Å². The third-order valence-corrected chi connectivity index (χ3v) is 2.04.